The van der Waals surface area contributed by atoms with Crippen molar-refractivity contribution in [2.75, 3.05) is 0 Å². The lowest BCUT2D eigenvalue weighted by molar-refractivity contribution is 0.0947. The Morgan fingerprint density at radius 1 is 1.69 bits per heavy atom. The fourth-order valence-corrected chi connectivity index (χ4v) is 1.16. The molecule has 0 bridgehead atoms. The van der Waals surface area contributed by atoms with Crippen LogP contribution in [0.1, 0.15) is 23.0 Å². The van der Waals surface area contributed by atoms with Crippen LogP contribution in [0.5, 0.6) is 0 Å². The van der Waals surface area contributed by atoms with E-state index in [4.69, 9.17) is 10.9 Å². The molecule has 0 saturated carbocycles. The van der Waals surface area contributed by atoms with Crippen LogP contribution < -0.4 is 11.1 Å². The van der Waals surface area contributed by atoms with Gasteiger partial charge in [-0.3, -0.25) is 9.78 Å². The summed E-state index contributed by atoms with van der Waals surface area (Å²) in [5.41, 5.74) is 6.45. The molecule has 1 aromatic heterocycles. The molecule has 0 fully saturated rings. The first-order chi connectivity index (χ1) is 7.56. The molecule has 4 N–H and O–H groups in total. The topological polar surface area (TPSA) is 101 Å². The molecule has 86 valence electrons. The van der Waals surface area contributed by atoms with E-state index in [0.717, 1.165) is 0 Å². The van der Waals surface area contributed by atoms with Gasteiger partial charge in [0.1, 0.15) is 0 Å². The summed E-state index contributed by atoms with van der Waals surface area (Å²) in [6.07, 6.45) is 1.61. The predicted octanol–water partition coefficient (Wildman–Crippen LogP) is 0.255. The largest absolute Gasteiger partial charge is 0.409 e. The lowest BCUT2D eigenvalue weighted by Gasteiger charge is -2.12. The fraction of sp³-hybridized carbons (Fsp3) is 0.300. The van der Waals surface area contributed by atoms with Crippen molar-refractivity contribution in [3.05, 3.63) is 29.6 Å². The Labute approximate surface area is 93.2 Å². The number of amides is 1. The highest BCUT2D eigenvalue weighted by Crippen LogP contribution is 2.03. The van der Waals surface area contributed by atoms with Gasteiger partial charge in [-0.05, 0) is 26.0 Å². The van der Waals surface area contributed by atoms with Gasteiger partial charge in [0.25, 0.3) is 5.91 Å². The van der Waals surface area contributed by atoms with E-state index < -0.39 is 6.04 Å². The Hall–Kier alpha value is -2.11. The summed E-state index contributed by atoms with van der Waals surface area (Å²) >= 11 is 0. The fourth-order valence-electron chi connectivity index (χ4n) is 1.16. The molecule has 0 aromatic carbocycles. The zero-order valence-corrected chi connectivity index (χ0v) is 9.14. The van der Waals surface area contributed by atoms with Gasteiger partial charge in [0.15, 0.2) is 5.84 Å². The van der Waals surface area contributed by atoms with Gasteiger partial charge >= 0.3 is 0 Å². The lowest BCUT2D eigenvalue weighted by Crippen LogP contribution is -2.42. The van der Waals surface area contributed by atoms with Crippen LogP contribution >= 0.6 is 0 Å². The molecular weight excluding hydrogens is 208 g/mol. The second kappa shape index (κ2) is 5.11. The number of hydrogen-bond acceptors (Lipinski definition) is 4. The maximum Gasteiger partial charge on any atom is 0.253 e. The second-order valence-electron chi connectivity index (χ2n) is 3.36. The van der Waals surface area contributed by atoms with Gasteiger partial charge in [0.05, 0.1) is 11.6 Å². The first kappa shape index (κ1) is 12.0. The molecule has 1 heterocycles. The Morgan fingerprint density at radius 3 is 2.94 bits per heavy atom. The van der Waals surface area contributed by atoms with Crippen LogP contribution in [0.15, 0.2) is 23.5 Å². The van der Waals surface area contributed by atoms with Gasteiger partial charge in [-0.2, -0.15) is 0 Å². The average molecular weight is 222 g/mol. The minimum atomic E-state index is -0.530. The van der Waals surface area contributed by atoms with Crippen molar-refractivity contribution in [1.82, 2.24) is 10.3 Å². The summed E-state index contributed by atoms with van der Waals surface area (Å²) in [4.78, 5) is 15.8. The van der Waals surface area contributed by atoms with Crippen LogP contribution in [0.25, 0.3) is 0 Å². The first-order valence-electron chi connectivity index (χ1n) is 4.76. The van der Waals surface area contributed by atoms with Crippen LogP contribution in [0.3, 0.4) is 0 Å². The van der Waals surface area contributed by atoms with E-state index in [1.54, 1.807) is 32.2 Å². The normalized spacial score (nSPS) is 13.2. The molecule has 16 heavy (non-hydrogen) atoms. The summed E-state index contributed by atoms with van der Waals surface area (Å²) < 4.78 is 0. The van der Waals surface area contributed by atoms with Crippen molar-refractivity contribution in [3.63, 3.8) is 0 Å². The monoisotopic (exact) mass is 222 g/mol. The summed E-state index contributed by atoms with van der Waals surface area (Å²) in [5.74, 6) is -0.348. The molecule has 1 unspecified atom stereocenters. The second-order valence-corrected chi connectivity index (χ2v) is 3.36. The molecule has 6 heteroatoms. The number of amidine groups is 1. The molecule has 0 aliphatic carbocycles. The Morgan fingerprint density at radius 2 is 2.38 bits per heavy atom. The van der Waals surface area contributed by atoms with Gasteiger partial charge in [-0.15, -0.1) is 0 Å². The zero-order valence-electron chi connectivity index (χ0n) is 9.14. The number of nitrogens with two attached hydrogens (primary N) is 1. The van der Waals surface area contributed by atoms with E-state index in [2.05, 4.69) is 15.5 Å². The van der Waals surface area contributed by atoms with Crippen molar-refractivity contribution in [1.29, 1.82) is 0 Å². The van der Waals surface area contributed by atoms with Gasteiger partial charge in [0.2, 0.25) is 0 Å². The Bertz CT molecular complexity index is 417. The quantitative estimate of drug-likeness (QED) is 0.295. The van der Waals surface area contributed by atoms with E-state index in [0.29, 0.717) is 11.3 Å². The summed E-state index contributed by atoms with van der Waals surface area (Å²) in [5, 5.41) is 13.9. The minimum absolute atomic E-state index is 0.0464. The standard InChI is InChI=1S/C10H14N4O2/c1-6-8(4-3-5-12-6)10(15)13-7(2)9(11)14-16/h3-5,7,16H,1-2H3,(H2,11,14)(H,13,15). The van der Waals surface area contributed by atoms with Crippen LogP contribution in [-0.2, 0) is 0 Å². The molecule has 0 saturated heterocycles. The van der Waals surface area contributed by atoms with Gasteiger partial charge in [0, 0.05) is 11.9 Å². The molecule has 1 rings (SSSR count). The third-order valence-electron chi connectivity index (χ3n) is 2.16. The number of carbonyl (C=O) groups excluding carboxylic acids is 1. The van der Waals surface area contributed by atoms with Crippen molar-refractivity contribution in [2.24, 2.45) is 10.9 Å². The summed E-state index contributed by atoms with van der Waals surface area (Å²) in [6.45, 7) is 3.36. The highest BCUT2D eigenvalue weighted by Gasteiger charge is 2.14. The van der Waals surface area contributed by atoms with Crippen molar-refractivity contribution in [2.45, 2.75) is 19.9 Å². The molecule has 0 aliphatic rings. The van der Waals surface area contributed by atoms with Crippen molar-refractivity contribution in [3.8, 4) is 0 Å². The number of aryl methyl sites for hydroxylation is 1. The molecule has 1 aromatic rings. The number of rotatable bonds is 3. The van der Waals surface area contributed by atoms with E-state index in [1.165, 1.54) is 0 Å². The van der Waals surface area contributed by atoms with Gasteiger partial charge in [-0.25, -0.2) is 0 Å². The summed E-state index contributed by atoms with van der Waals surface area (Å²) in [6, 6.07) is 2.81. The lowest BCUT2D eigenvalue weighted by atomic mass is 10.2. The maximum atomic E-state index is 11.8. The van der Waals surface area contributed by atoms with Crippen molar-refractivity contribution >= 4 is 11.7 Å². The molecular formula is C10H14N4O2. The number of nitrogens with one attached hydrogen (secondary N) is 1. The van der Waals surface area contributed by atoms with Crippen LogP contribution in [0, 0.1) is 6.92 Å². The molecule has 6 nitrogen and oxygen atoms in total. The summed E-state index contributed by atoms with van der Waals surface area (Å²) in [7, 11) is 0. The smallest absolute Gasteiger partial charge is 0.253 e. The molecule has 0 radical (unpaired) electrons. The number of hydrogen-bond donors (Lipinski definition) is 3. The third-order valence-corrected chi connectivity index (χ3v) is 2.16. The highest BCUT2D eigenvalue weighted by atomic mass is 16.4. The van der Waals surface area contributed by atoms with Gasteiger partial charge < -0.3 is 16.3 Å². The van der Waals surface area contributed by atoms with E-state index in [1.807, 2.05) is 0 Å². The van der Waals surface area contributed by atoms with Crippen LogP contribution in [0.2, 0.25) is 0 Å². The Balaban J connectivity index is 2.78. The molecule has 0 aliphatic heterocycles. The number of oxime groups is 1. The maximum absolute atomic E-state index is 11.8. The predicted molar refractivity (Wildman–Crippen MR) is 59.3 cm³/mol. The first-order valence-corrected chi connectivity index (χ1v) is 4.76. The number of carbonyl (C=O) groups is 1. The SMILES string of the molecule is Cc1ncccc1C(=O)NC(C)C(N)=NO. The highest BCUT2D eigenvalue weighted by molar-refractivity contribution is 5.98. The number of nitrogens with zero attached hydrogens (tertiary/aromatic N) is 2. The van der Waals surface area contributed by atoms with E-state index in [-0.39, 0.29) is 11.7 Å². The zero-order chi connectivity index (χ0) is 12.1. The molecule has 1 atom stereocenters. The van der Waals surface area contributed by atoms with E-state index in [9.17, 15) is 4.79 Å². The average Bonchev–Trinajstić information content (AvgIpc) is 2.28. The molecule has 0 spiro atoms. The van der Waals surface area contributed by atoms with Crippen LogP contribution in [-0.4, -0.2) is 28.0 Å². The molecule has 1 amide bonds. The minimum Gasteiger partial charge on any atom is -0.409 e. The Kier molecular flexibility index (Phi) is 3.82. The van der Waals surface area contributed by atoms with Crippen LogP contribution in [0.4, 0.5) is 0 Å². The number of pyridine rings is 1. The van der Waals surface area contributed by atoms with Crippen molar-refractivity contribution < 1.29 is 10.0 Å². The number of aromatic nitrogens is 1. The van der Waals surface area contributed by atoms with Gasteiger partial charge in [-0.1, -0.05) is 5.16 Å². The van der Waals surface area contributed by atoms with E-state index >= 15 is 0 Å². The third kappa shape index (κ3) is 2.69.